The van der Waals surface area contributed by atoms with Crippen molar-refractivity contribution in [2.45, 2.75) is 13.2 Å². The van der Waals surface area contributed by atoms with Gasteiger partial charge in [-0.1, -0.05) is 0 Å². The van der Waals surface area contributed by atoms with Crippen molar-refractivity contribution >= 4 is 6.29 Å². The molecule has 3 nitrogen and oxygen atoms in total. The molecule has 0 aliphatic heterocycles. The highest BCUT2D eigenvalue weighted by molar-refractivity contribution is 5.51. The van der Waals surface area contributed by atoms with Crippen LogP contribution < -0.4 is 5.32 Å². The van der Waals surface area contributed by atoms with E-state index in [1.165, 1.54) is 0 Å². The van der Waals surface area contributed by atoms with Crippen LogP contribution in [0.25, 0.3) is 0 Å². The summed E-state index contributed by atoms with van der Waals surface area (Å²) in [5.74, 6) is 0. The van der Waals surface area contributed by atoms with Crippen LogP contribution in [0.3, 0.4) is 0 Å². The first-order chi connectivity index (χ1) is 3.81. The van der Waals surface area contributed by atoms with E-state index in [-0.39, 0.29) is 6.23 Å². The molecule has 8 heavy (non-hydrogen) atoms. The van der Waals surface area contributed by atoms with Crippen molar-refractivity contribution in [3.63, 3.8) is 0 Å². The van der Waals surface area contributed by atoms with E-state index in [9.17, 15) is 4.79 Å². The smallest absolute Gasteiger partial charge is 0.133 e. The van der Waals surface area contributed by atoms with Crippen LogP contribution in [0.5, 0.6) is 0 Å². The van der Waals surface area contributed by atoms with Gasteiger partial charge in [0, 0.05) is 7.11 Å². The van der Waals surface area contributed by atoms with E-state index < -0.39 is 0 Å². The number of hydrogen-bond donors (Lipinski definition) is 1. The number of nitrogens with one attached hydrogen (secondary N) is 1. The van der Waals surface area contributed by atoms with Crippen molar-refractivity contribution in [2.24, 2.45) is 0 Å². The predicted octanol–water partition coefficient (Wildman–Crippen LogP) is -0.233. The number of rotatable bonds is 4. The Bertz CT molecular complexity index is 65.4. The number of aldehydes is 1. The summed E-state index contributed by atoms with van der Waals surface area (Å²) in [6, 6.07) is 0. The fraction of sp³-hybridized carbons (Fsp3) is 0.800. The summed E-state index contributed by atoms with van der Waals surface area (Å²) in [7, 11) is 1.59. The van der Waals surface area contributed by atoms with Crippen LogP contribution in [0, 0.1) is 0 Å². The van der Waals surface area contributed by atoms with Crippen LogP contribution in [0.15, 0.2) is 0 Å². The first-order valence-electron chi connectivity index (χ1n) is 2.51. The Labute approximate surface area is 49.0 Å². The van der Waals surface area contributed by atoms with Gasteiger partial charge in [-0.3, -0.25) is 5.32 Å². The molecule has 0 aromatic rings. The maximum atomic E-state index is 9.71. The van der Waals surface area contributed by atoms with Crippen LogP contribution in [0.4, 0.5) is 0 Å². The first-order valence-corrected chi connectivity index (χ1v) is 2.51. The molecule has 0 aliphatic rings. The summed E-state index contributed by atoms with van der Waals surface area (Å²) in [5.41, 5.74) is 0. The van der Waals surface area contributed by atoms with Gasteiger partial charge in [0.2, 0.25) is 0 Å². The minimum Gasteiger partial charge on any atom is -0.367 e. The summed E-state index contributed by atoms with van der Waals surface area (Å²) >= 11 is 0. The van der Waals surface area contributed by atoms with Gasteiger partial charge in [0.15, 0.2) is 0 Å². The van der Waals surface area contributed by atoms with Gasteiger partial charge in [-0.25, -0.2) is 0 Å². The van der Waals surface area contributed by atoms with Gasteiger partial charge in [0.1, 0.15) is 12.5 Å². The van der Waals surface area contributed by atoms with Gasteiger partial charge in [-0.05, 0) is 6.92 Å². The maximum absolute atomic E-state index is 9.71. The van der Waals surface area contributed by atoms with E-state index >= 15 is 0 Å². The summed E-state index contributed by atoms with van der Waals surface area (Å²) in [5, 5.41) is 2.79. The zero-order chi connectivity index (χ0) is 6.41. The molecule has 0 aromatic carbocycles. The Balaban J connectivity index is 2.97. The Morgan fingerprint density at radius 3 is 2.88 bits per heavy atom. The van der Waals surface area contributed by atoms with Crippen molar-refractivity contribution in [1.29, 1.82) is 0 Å². The molecular formula is C5H11NO2. The molecule has 0 bridgehead atoms. The average molecular weight is 117 g/mol. The molecule has 0 heterocycles. The van der Waals surface area contributed by atoms with Crippen molar-refractivity contribution in [3.05, 3.63) is 0 Å². The highest BCUT2D eigenvalue weighted by atomic mass is 16.5. The normalized spacial score (nSPS) is 13.2. The van der Waals surface area contributed by atoms with Crippen LogP contribution in [0.2, 0.25) is 0 Å². The summed E-state index contributed by atoms with van der Waals surface area (Å²) in [6.07, 6.45) is 0.774. The second-order valence-electron chi connectivity index (χ2n) is 1.45. The molecule has 0 saturated carbocycles. The molecule has 0 aromatic heterocycles. The lowest BCUT2D eigenvalue weighted by Crippen LogP contribution is -2.28. The second kappa shape index (κ2) is 4.74. The maximum Gasteiger partial charge on any atom is 0.133 e. The van der Waals surface area contributed by atoms with Crippen molar-refractivity contribution < 1.29 is 9.53 Å². The predicted molar refractivity (Wildman–Crippen MR) is 30.5 cm³/mol. The van der Waals surface area contributed by atoms with Gasteiger partial charge < -0.3 is 9.53 Å². The Morgan fingerprint density at radius 1 is 1.88 bits per heavy atom. The molecule has 1 N–H and O–H groups in total. The largest absolute Gasteiger partial charge is 0.367 e. The van der Waals surface area contributed by atoms with E-state index in [1.54, 1.807) is 7.11 Å². The Hall–Kier alpha value is -0.410. The zero-order valence-electron chi connectivity index (χ0n) is 5.18. The summed E-state index contributed by atoms with van der Waals surface area (Å²) < 4.78 is 4.78. The molecule has 0 spiro atoms. The van der Waals surface area contributed by atoms with Gasteiger partial charge in [-0.15, -0.1) is 0 Å². The van der Waals surface area contributed by atoms with Crippen LogP contribution >= 0.6 is 0 Å². The third-order valence-electron chi connectivity index (χ3n) is 0.842. The second-order valence-corrected chi connectivity index (χ2v) is 1.45. The van der Waals surface area contributed by atoms with Gasteiger partial charge >= 0.3 is 0 Å². The molecule has 1 unspecified atom stereocenters. The molecule has 0 rings (SSSR count). The number of methoxy groups -OCH3 is 1. The fourth-order valence-electron chi connectivity index (χ4n) is 0.297. The molecule has 0 aliphatic carbocycles. The molecule has 1 atom stereocenters. The molecule has 0 saturated heterocycles. The minimum absolute atomic E-state index is 0.0276. The molecule has 0 radical (unpaired) electrons. The average Bonchev–Trinajstić information content (AvgIpc) is 1.83. The van der Waals surface area contributed by atoms with E-state index in [2.05, 4.69) is 5.32 Å². The third-order valence-corrected chi connectivity index (χ3v) is 0.842. The molecule has 0 fully saturated rings. The quantitative estimate of drug-likeness (QED) is 0.408. The topological polar surface area (TPSA) is 38.3 Å². The third kappa shape index (κ3) is 3.77. The van der Waals surface area contributed by atoms with Gasteiger partial charge in [0.25, 0.3) is 0 Å². The van der Waals surface area contributed by atoms with Crippen LogP contribution in [-0.4, -0.2) is 26.2 Å². The Morgan fingerprint density at radius 2 is 2.50 bits per heavy atom. The number of ether oxygens (including phenoxy) is 1. The molecular weight excluding hydrogens is 106 g/mol. The van der Waals surface area contributed by atoms with E-state index in [0.29, 0.717) is 6.54 Å². The summed E-state index contributed by atoms with van der Waals surface area (Å²) in [6.45, 7) is 2.19. The van der Waals surface area contributed by atoms with E-state index in [0.717, 1.165) is 6.29 Å². The summed E-state index contributed by atoms with van der Waals surface area (Å²) in [4.78, 5) is 9.71. The molecule has 3 heteroatoms. The van der Waals surface area contributed by atoms with Crippen molar-refractivity contribution in [3.8, 4) is 0 Å². The zero-order valence-corrected chi connectivity index (χ0v) is 5.18. The van der Waals surface area contributed by atoms with Crippen molar-refractivity contribution in [2.75, 3.05) is 13.7 Å². The van der Waals surface area contributed by atoms with Crippen LogP contribution in [0.1, 0.15) is 6.92 Å². The lowest BCUT2D eigenvalue weighted by molar-refractivity contribution is -0.107. The standard InChI is InChI=1S/C5H11NO2/c1-5(8-2)6-3-4-7/h4-6H,3H2,1-2H3. The highest BCUT2D eigenvalue weighted by Gasteiger charge is 1.92. The monoisotopic (exact) mass is 117 g/mol. The fourth-order valence-corrected chi connectivity index (χ4v) is 0.297. The van der Waals surface area contributed by atoms with Gasteiger partial charge in [-0.2, -0.15) is 0 Å². The SMILES string of the molecule is COC(C)NCC=O. The van der Waals surface area contributed by atoms with Gasteiger partial charge in [0.05, 0.1) is 6.54 Å². The molecule has 48 valence electrons. The number of carbonyl (C=O) groups is 1. The lowest BCUT2D eigenvalue weighted by Gasteiger charge is -2.07. The molecule has 0 amide bonds. The van der Waals surface area contributed by atoms with E-state index in [1.807, 2.05) is 6.92 Å². The van der Waals surface area contributed by atoms with E-state index in [4.69, 9.17) is 4.74 Å². The minimum atomic E-state index is -0.0276. The number of hydrogen-bond acceptors (Lipinski definition) is 3. The first kappa shape index (κ1) is 7.59. The Kier molecular flexibility index (Phi) is 4.50. The van der Waals surface area contributed by atoms with Crippen molar-refractivity contribution in [1.82, 2.24) is 5.32 Å². The number of carbonyl (C=O) groups excluding carboxylic acids is 1. The van der Waals surface area contributed by atoms with Crippen LogP contribution in [-0.2, 0) is 9.53 Å². The highest BCUT2D eigenvalue weighted by Crippen LogP contribution is 1.76. The lowest BCUT2D eigenvalue weighted by atomic mass is 10.6.